The van der Waals surface area contributed by atoms with E-state index in [1.807, 2.05) is 0 Å². The smallest absolute Gasteiger partial charge is 0.387 e. The fraction of sp³-hybridized carbons (Fsp3) is 0.524. The van der Waals surface area contributed by atoms with Crippen LogP contribution < -0.4 is 17.0 Å². The van der Waals surface area contributed by atoms with E-state index in [4.69, 9.17) is 34.7 Å². The van der Waals surface area contributed by atoms with E-state index in [0.29, 0.717) is 0 Å². The normalized spacial score (nSPS) is 29.6. The van der Waals surface area contributed by atoms with Crippen LogP contribution in [0.25, 0.3) is 22.3 Å². The molecule has 0 radical (unpaired) electrons. The molecule has 47 heavy (non-hydrogen) atoms. The lowest BCUT2D eigenvalue weighted by atomic mass is 10.1. The number of nitrogen functional groups attached to an aromatic ring is 2. The quantitative estimate of drug-likeness (QED) is 0.0733. The number of nitrogens with one attached hydrogen (secondary N) is 1. The highest BCUT2D eigenvalue weighted by atomic mass is 31.2. The number of anilines is 2. The van der Waals surface area contributed by atoms with Crippen molar-refractivity contribution in [2.45, 2.75) is 49.1 Å². The molecule has 0 aromatic carbocycles. The zero-order valence-corrected chi connectivity index (χ0v) is 25.6. The summed E-state index contributed by atoms with van der Waals surface area (Å²) >= 11 is 0. The number of imidazole rings is 2. The van der Waals surface area contributed by atoms with Gasteiger partial charge in [-0.15, -0.1) is 0 Å². The number of aromatic amines is 1. The number of phosphoric ester groups is 2. The molecule has 6 rings (SSSR count). The molecule has 0 saturated carbocycles. The first-order chi connectivity index (χ1) is 22.2. The highest BCUT2D eigenvalue weighted by Crippen LogP contribution is 2.50. The molecule has 2 saturated heterocycles. The number of aromatic nitrogens is 8. The summed E-state index contributed by atoms with van der Waals surface area (Å²) in [6.07, 6.45) is -7.99. The van der Waals surface area contributed by atoms with Crippen LogP contribution >= 0.6 is 15.6 Å². The molecule has 9 atom stereocenters. The first-order valence-electron chi connectivity index (χ1n) is 13.4. The molecule has 256 valence electrons. The summed E-state index contributed by atoms with van der Waals surface area (Å²) in [6.45, 7) is -1.64. The monoisotopic (exact) mass is 706 g/mol. The second-order valence-electron chi connectivity index (χ2n) is 10.3. The zero-order valence-electron chi connectivity index (χ0n) is 23.9. The maximum absolute atomic E-state index is 13.2. The second kappa shape index (κ2) is 12.5. The first kappa shape index (κ1) is 33.4. The minimum Gasteiger partial charge on any atom is -0.387 e. The van der Waals surface area contributed by atoms with Gasteiger partial charge in [-0.3, -0.25) is 32.5 Å². The Balaban J connectivity index is 1.20. The Labute approximate surface area is 261 Å². The van der Waals surface area contributed by atoms with Crippen molar-refractivity contribution in [2.75, 3.05) is 31.8 Å². The molecule has 10 N–H and O–H groups in total. The van der Waals surface area contributed by atoms with Gasteiger partial charge in [-0.05, 0) is 0 Å². The van der Waals surface area contributed by atoms with E-state index in [9.17, 15) is 38.8 Å². The number of aliphatic hydroxyl groups excluding tert-OH is 2. The van der Waals surface area contributed by atoms with Crippen molar-refractivity contribution in [2.24, 2.45) is 0 Å². The molecule has 4 aromatic heterocycles. The highest BCUT2D eigenvalue weighted by molar-refractivity contribution is 7.47. The molecule has 26 heteroatoms. The van der Waals surface area contributed by atoms with Crippen molar-refractivity contribution in [3.05, 3.63) is 29.3 Å². The van der Waals surface area contributed by atoms with Crippen LogP contribution in [-0.4, -0.2) is 121 Å². The van der Waals surface area contributed by atoms with Crippen LogP contribution in [-0.2, 0) is 36.9 Å². The fourth-order valence-corrected chi connectivity index (χ4v) is 6.55. The van der Waals surface area contributed by atoms with Gasteiger partial charge in [0.05, 0.1) is 25.9 Å². The van der Waals surface area contributed by atoms with Crippen LogP contribution in [0.15, 0.2) is 23.8 Å². The summed E-state index contributed by atoms with van der Waals surface area (Å²) in [4.78, 5) is 63.6. The van der Waals surface area contributed by atoms with E-state index < -0.39 is 83.5 Å². The van der Waals surface area contributed by atoms with Gasteiger partial charge in [-0.2, -0.15) is 4.98 Å². The Morgan fingerprint density at radius 1 is 0.894 bits per heavy atom. The third kappa shape index (κ3) is 6.51. The number of hydrogen-bond donors (Lipinski definition) is 8. The maximum atomic E-state index is 13.2. The van der Waals surface area contributed by atoms with E-state index in [-0.39, 0.29) is 34.1 Å². The SMILES string of the molecule is CO[C@H]1[C@@H](OP(=O)(O)OC[C@H]2O[C@@H](n3cnc4c(=O)[nH]c(N)nc43)C(O)C2O)[C@@H](COP(=O)(O)O)O[C@H]1n1cnc2c(N)ncnc21. The topological polar surface area (TPSA) is 350 Å². The molecule has 2 fully saturated rings. The standard InChI is InChI=1S/C21H28N10O14P2/c1-40-14-13(8(3-41-46(35,36)37)44-20(14)30-5-26-9-15(22)24-4-25-16(9)30)45-47(38,39)42-2-7-11(32)12(33)19(43-7)31-6-27-10-17(31)28-21(23)29-18(10)34/h4-8,11-14,19-20,32-33H,2-3H2,1H3,(H,38,39)(H2,22,24,25)(H2,35,36,37)(H3,23,28,29,34)/t7-,8-,11?,12?,13+,14+,19-,20-/m1/s1. The fourth-order valence-electron chi connectivity index (χ4n) is 5.25. The Morgan fingerprint density at radius 2 is 1.55 bits per heavy atom. The maximum Gasteiger partial charge on any atom is 0.472 e. The van der Waals surface area contributed by atoms with Gasteiger partial charge in [-0.25, -0.2) is 29.1 Å². The minimum absolute atomic E-state index is 0.0436. The summed E-state index contributed by atoms with van der Waals surface area (Å²) in [5.74, 6) is -0.201. The van der Waals surface area contributed by atoms with Crippen LogP contribution in [0.4, 0.5) is 11.8 Å². The number of methoxy groups -OCH3 is 1. The van der Waals surface area contributed by atoms with Gasteiger partial charge in [0.2, 0.25) is 5.95 Å². The number of aliphatic hydroxyl groups is 2. The van der Waals surface area contributed by atoms with Gasteiger partial charge in [0.25, 0.3) is 5.56 Å². The van der Waals surface area contributed by atoms with Crippen molar-refractivity contribution < 1.29 is 61.8 Å². The largest absolute Gasteiger partial charge is 0.472 e. The van der Waals surface area contributed by atoms with E-state index in [1.165, 1.54) is 18.0 Å². The number of hydrogen-bond acceptors (Lipinski definition) is 18. The third-order valence-corrected chi connectivity index (χ3v) is 8.82. The van der Waals surface area contributed by atoms with E-state index in [2.05, 4.69) is 34.4 Å². The number of rotatable bonds is 11. The van der Waals surface area contributed by atoms with E-state index in [0.717, 1.165) is 17.2 Å². The first-order valence-corrected chi connectivity index (χ1v) is 16.4. The van der Waals surface area contributed by atoms with Gasteiger partial charge in [0.1, 0.15) is 48.5 Å². The van der Waals surface area contributed by atoms with Gasteiger partial charge >= 0.3 is 15.6 Å². The molecule has 2 aliphatic heterocycles. The van der Waals surface area contributed by atoms with Crippen molar-refractivity contribution >= 4 is 49.7 Å². The number of nitrogens with zero attached hydrogens (tertiary/aromatic N) is 7. The van der Waals surface area contributed by atoms with Gasteiger partial charge < -0.3 is 50.6 Å². The molecule has 4 aromatic rings. The van der Waals surface area contributed by atoms with Crippen LogP contribution in [0, 0.1) is 0 Å². The summed E-state index contributed by atoms with van der Waals surface area (Å²) in [5, 5.41) is 21.3. The van der Waals surface area contributed by atoms with Gasteiger partial charge in [-0.1, -0.05) is 0 Å². The average molecular weight is 706 g/mol. The predicted molar refractivity (Wildman–Crippen MR) is 152 cm³/mol. The second-order valence-corrected chi connectivity index (χ2v) is 12.9. The van der Waals surface area contributed by atoms with Crippen LogP contribution in [0.3, 0.4) is 0 Å². The number of nitrogens with two attached hydrogens (primary N) is 2. The molecular formula is C21H28N10O14P2. The Morgan fingerprint density at radius 3 is 2.26 bits per heavy atom. The van der Waals surface area contributed by atoms with Crippen LogP contribution in [0.5, 0.6) is 0 Å². The lowest BCUT2D eigenvalue weighted by Crippen LogP contribution is -2.38. The number of ether oxygens (including phenoxy) is 3. The summed E-state index contributed by atoms with van der Waals surface area (Å²) in [5.41, 5.74) is 11.0. The zero-order chi connectivity index (χ0) is 33.8. The molecule has 0 amide bonds. The minimum atomic E-state index is -5.13. The molecule has 0 aliphatic carbocycles. The number of phosphoric acid groups is 2. The van der Waals surface area contributed by atoms with Crippen molar-refractivity contribution in [1.82, 2.24) is 39.0 Å². The molecule has 24 nitrogen and oxygen atoms in total. The number of H-pyrrole nitrogens is 1. The Bertz CT molecular complexity index is 1930. The van der Waals surface area contributed by atoms with E-state index in [1.54, 1.807) is 0 Å². The highest BCUT2D eigenvalue weighted by Gasteiger charge is 2.52. The molecule has 6 heterocycles. The van der Waals surface area contributed by atoms with Crippen molar-refractivity contribution in [3.8, 4) is 0 Å². The molecule has 0 bridgehead atoms. The molecule has 0 spiro atoms. The van der Waals surface area contributed by atoms with Crippen molar-refractivity contribution in [3.63, 3.8) is 0 Å². The summed E-state index contributed by atoms with van der Waals surface area (Å²) in [7, 11) is -8.95. The molecular weight excluding hydrogens is 678 g/mol. The van der Waals surface area contributed by atoms with Gasteiger partial charge in [0.15, 0.2) is 35.1 Å². The predicted octanol–water partition coefficient (Wildman–Crippen LogP) is -2.73. The van der Waals surface area contributed by atoms with E-state index >= 15 is 0 Å². The average Bonchev–Trinajstić information content (AvgIpc) is 3.75. The third-order valence-electron chi connectivity index (χ3n) is 7.34. The number of fused-ring (bicyclic) bond motifs is 2. The van der Waals surface area contributed by atoms with Crippen LogP contribution in [0.1, 0.15) is 12.5 Å². The summed E-state index contributed by atoms with van der Waals surface area (Å²) in [6, 6.07) is 0. The Hall–Kier alpha value is -3.48. The lowest BCUT2D eigenvalue weighted by molar-refractivity contribution is -0.0582. The molecule has 2 aliphatic rings. The van der Waals surface area contributed by atoms with Gasteiger partial charge in [0, 0.05) is 7.11 Å². The lowest BCUT2D eigenvalue weighted by Gasteiger charge is -2.26. The van der Waals surface area contributed by atoms with Crippen molar-refractivity contribution in [1.29, 1.82) is 0 Å². The summed E-state index contributed by atoms with van der Waals surface area (Å²) < 4.78 is 59.3. The van der Waals surface area contributed by atoms with Crippen LogP contribution in [0.2, 0.25) is 0 Å². The Kier molecular flexibility index (Phi) is 8.90. The molecule has 3 unspecified atom stereocenters.